The van der Waals surface area contributed by atoms with Gasteiger partial charge in [-0.3, -0.25) is 4.90 Å². The zero-order valence-corrected chi connectivity index (χ0v) is 9.89. The Morgan fingerprint density at radius 2 is 2.00 bits per heavy atom. The predicted molar refractivity (Wildman–Crippen MR) is 66.1 cm³/mol. The molecule has 3 rings (SSSR count). The molecule has 2 heteroatoms. The smallest absolute Gasteiger partial charge is 0.0369 e. The average molecular weight is 216 g/mol. The van der Waals surface area contributed by atoms with Crippen LogP contribution in [0.15, 0.2) is 24.3 Å². The van der Waals surface area contributed by atoms with Crippen LogP contribution in [0.5, 0.6) is 0 Å². The van der Waals surface area contributed by atoms with E-state index in [1.54, 1.807) is 0 Å². The number of benzene rings is 1. The van der Waals surface area contributed by atoms with Crippen LogP contribution in [-0.4, -0.2) is 18.0 Å². The van der Waals surface area contributed by atoms with Crippen molar-refractivity contribution >= 4 is 0 Å². The number of nitrogens with zero attached hydrogens (tertiary/aromatic N) is 1. The van der Waals surface area contributed by atoms with E-state index in [1.165, 1.54) is 30.6 Å². The Balaban J connectivity index is 1.89. The zero-order valence-electron chi connectivity index (χ0n) is 9.89. The van der Waals surface area contributed by atoms with Gasteiger partial charge >= 0.3 is 0 Å². The van der Waals surface area contributed by atoms with E-state index in [0.717, 1.165) is 12.3 Å². The molecule has 86 valence electrons. The fourth-order valence-electron chi connectivity index (χ4n) is 3.24. The molecule has 2 aliphatic rings. The summed E-state index contributed by atoms with van der Waals surface area (Å²) in [5.41, 5.74) is 9.06. The third-order valence-corrected chi connectivity index (χ3v) is 4.13. The molecule has 0 aromatic heterocycles. The van der Waals surface area contributed by atoms with Crippen LogP contribution >= 0.6 is 0 Å². The van der Waals surface area contributed by atoms with Crippen molar-refractivity contribution in [3.63, 3.8) is 0 Å². The van der Waals surface area contributed by atoms with Gasteiger partial charge in [0.05, 0.1) is 0 Å². The Morgan fingerprint density at radius 3 is 2.69 bits per heavy atom. The van der Waals surface area contributed by atoms with Crippen molar-refractivity contribution in [2.45, 2.75) is 31.8 Å². The molecule has 1 aromatic carbocycles. The molecule has 2 nitrogen and oxygen atoms in total. The minimum atomic E-state index is 0.247. The lowest BCUT2D eigenvalue weighted by molar-refractivity contribution is 0.231. The fourth-order valence-corrected chi connectivity index (χ4v) is 3.24. The molecular weight excluding hydrogens is 196 g/mol. The van der Waals surface area contributed by atoms with Crippen LogP contribution in [0.2, 0.25) is 0 Å². The van der Waals surface area contributed by atoms with Gasteiger partial charge in [0, 0.05) is 18.6 Å². The van der Waals surface area contributed by atoms with E-state index in [0.29, 0.717) is 6.04 Å². The first-order chi connectivity index (χ1) is 7.75. The maximum atomic E-state index is 6.21. The lowest BCUT2D eigenvalue weighted by Gasteiger charge is -2.24. The van der Waals surface area contributed by atoms with Crippen LogP contribution in [0.3, 0.4) is 0 Å². The summed E-state index contributed by atoms with van der Waals surface area (Å²) in [6, 6.07) is 9.53. The van der Waals surface area contributed by atoms with Crippen molar-refractivity contribution in [3.8, 4) is 0 Å². The van der Waals surface area contributed by atoms with Gasteiger partial charge in [0.25, 0.3) is 0 Å². The predicted octanol–water partition coefficient (Wildman–Crippen LogP) is 2.47. The van der Waals surface area contributed by atoms with Crippen molar-refractivity contribution in [2.24, 2.45) is 11.7 Å². The number of hydrogen-bond donors (Lipinski definition) is 1. The molecular formula is C14H20N2. The summed E-state index contributed by atoms with van der Waals surface area (Å²) >= 11 is 0. The van der Waals surface area contributed by atoms with E-state index in [4.69, 9.17) is 5.73 Å². The lowest BCUT2D eigenvalue weighted by Crippen LogP contribution is -2.25. The third kappa shape index (κ3) is 1.57. The van der Waals surface area contributed by atoms with Crippen LogP contribution in [-0.2, 0) is 0 Å². The summed E-state index contributed by atoms with van der Waals surface area (Å²) in [4.78, 5) is 2.62. The largest absolute Gasteiger partial charge is 0.324 e. The highest BCUT2D eigenvalue weighted by Gasteiger charge is 2.34. The minimum absolute atomic E-state index is 0.247. The van der Waals surface area contributed by atoms with E-state index in [2.05, 4.69) is 36.1 Å². The first-order valence-corrected chi connectivity index (χ1v) is 6.34. The normalized spacial score (nSPS) is 34.2. The van der Waals surface area contributed by atoms with Gasteiger partial charge in [0.15, 0.2) is 0 Å². The summed E-state index contributed by atoms with van der Waals surface area (Å²) in [7, 11) is 0. The van der Waals surface area contributed by atoms with Crippen molar-refractivity contribution in [2.75, 3.05) is 13.1 Å². The van der Waals surface area contributed by atoms with Gasteiger partial charge in [-0.2, -0.15) is 0 Å². The molecule has 3 unspecified atom stereocenters. The summed E-state index contributed by atoms with van der Waals surface area (Å²) in [5.74, 6) is 0.851. The van der Waals surface area contributed by atoms with Gasteiger partial charge in [-0.15, -0.1) is 0 Å². The molecule has 1 heterocycles. The SMILES string of the molecule is CC1CCN(C2CC(N)c3ccccc32)C1. The highest BCUT2D eigenvalue weighted by Crippen LogP contribution is 2.42. The highest BCUT2D eigenvalue weighted by atomic mass is 15.2. The fraction of sp³-hybridized carbons (Fsp3) is 0.571. The van der Waals surface area contributed by atoms with Crippen LogP contribution in [0.1, 0.15) is 43.0 Å². The summed E-state index contributed by atoms with van der Waals surface area (Å²) in [6.45, 7) is 4.83. The second kappa shape index (κ2) is 3.86. The second-order valence-electron chi connectivity index (χ2n) is 5.38. The van der Waals surface area contributed by atoms with E-state index in [1.807, 2.05) is 0 Å². The molecule has 1 aromatic rings. The Bertz CT molecular complexity index is 388. The molecule has 0 spiro atoms. The summed E-state index contributed by atoms with van der Waals surface area (Å²) in [5, 5.41) is 0. The minimum Gasteiger partial charge on any atom is -0.324 e. The van der Waals surface area contributed by atoms with Crippen LogP contribution in [0, 0.1) is 5.92 Å². The molecule has 2 N–H and O–H groups in total. The number of likely N-dealkylation sites (tertiary alicyclic amines) is 1. The molecule has 0 bridgehead atoms. The van der Waals surface area contributed by atoms with Crippen molar-refractivity contribution < 1.29 is 0 Å². The number of nitrogens with two attached hydrogens (primary N) is 1. The molecule has 0 saturated carbocycles. The number of rotatable bonds is 1. The first kappa shape index (κ1) is 10.3. The van der Waals surface area contributed by atoms with E-state index < -0.39 is 0 Å². The standard InChI is InChI=1S/C14H20N2/c1-10-6-7-16(9-10)14-8-13(15)11-4-2-3-5-12(11)14/h2-5,10,13-14H,6-9,15H2,1H3. The van der Waals surface area contributed by atoms with Crippen molar-refractivity contribution in [3.05, 3.63) is 35.4 Å². The van der Waals surface area contributed by atoms with Gasteiger partial charge in [-0.1, -0.05) is 31.2 Å². The van der Waals surface area contributed by atoms with Crippen molar-refractivity contribution in [1.82, 2.24) is 4.90 Å². The maximum absolute atomic E-state index is 6.21. The Morgan fingerprint density at radius 1 is 1.25 bits per heavy atom. The van der Waals surface area contributed by atoms with Crippen molar-refractivity contribution in [1.29, 1.82) is 0 Å². The Kier molecular flexibility index (Phi) is 2.49. The zero-order chi connectivity index (χ0) is 11.1. The Hall–Kier alpha value is -0.860. The van der Waals surface area contributed by atoms with E-state index >= 15 is 0 Å². The molecule has 1 aliphatic carbocycles. The summed E-state index contributed by atoms with van der Waals surface area (Å²) in [6.07, 6.45) is 2.44. The van der Waals surface area contributed by atoms with E-state index in [9.17, 15) is 0 Å². The van der Waals surface area contributed by atoms with Gasteiger partial charge in [0.2, 0.25) is 0 Å². The molecule has 0 amide bonds. The number of hydrogen-bond acceptors (Lipinski definition) is 2. The topological polar surface area (TPSA) is 29.3 Å². The molecule has 3 atom stereocenters. The molecule has 0 radical (unpaired) electrons. The molecule has 1 fully saturated rings. The van der Waals surface area contributed by atoms with Crippen LogP contribution in [0.25, 0.3) is 0 Å². The number of fused-ring (bicyclic) bond motifs is 1. The second-order valence-corrected chi connectivity index (χ2v) is 5.38. The lowest BCUT2D eigenvalue weighted by atomic mass is 10.1. The monoisotopic (exact) mass is 216 g/mol. The van der Waals surface area contributed by atoms with Crippen LogP contribution < -0.4 is 5.73 Å². The highest BCUT2D eigenvalue weighted by molar-refractivity contribution is 5.37. The van der Waals surface area contributed by atoms with Crippen LogP contribution in [0.4, 0.5) is 0 Å². The van der Waals surface area contributed by atoms with Gasteiger partial charge in [-0.25, -0.2) is 0 Å². The quantitative estimate of drug-likeness (QED) is 0.781. The molecule has 1 aliphatic heterocycles. The Labute approximate surface area is 97.4 Å². The average Bonchev–Trinajstić information content (AvgIpc) is 2.84. The van der Waals surface area contributed by atoms with E-state index in [-0.39, 0.29) is 6.04 Å². The maximum Gasteiger partial charge on any atom is 0.0369 e. The molecule has 16 heavy (non-hydrogen) atoms. The first-order valence-electron chi connectivity index (χ1n) is 6.34. The van der Waals surface area contributed by atoms with Gasteiger partial charge in [0.1, 0.15) is 0 Å². The van der Waals surface area contributed by atoms with Gasteiger partial charge in [-0.05, 0) is 36.4 Å². The third-order valence-electron chi connectivity index (χ3n) is 4.13. The molecule has 1 saturated heterocycles. The van der Waals surface area contributed by atoms with Gasteiger partial charge < -0.3 is 5.73 Å². The summed E-state index contributed by atoms with van der Waals surface area (Å²) < 4.78 is 0.